The van der Waals surface area contributed by atoms with Crippen molar-refractivity contribution in [3.8, 4) is 0 Å². The summed E-state index contributed by atoms with van der Waals surface area (Å²) in [5.74, 6) is -0.437. The number of hydrogen-bond donors (Lipinski definition) is 2. The van der Waals surface area contributed by atoms with Crippen LogP contribution in [0, 0.1) is 0 Å². The van der Waals surface area contributed by atoms with Crippen LogP contribution in [-0.4, -0.2) is 18.6 Å². The first-order chi connectivity index (χ1) is 13.1. The summed E-state index contributed by atoms with van der Waals surface area (Å²) in [6, 6.07) is 16.1. The molecule has 0 saturated heterocycles. The molecule has 0 saturated carbocycles. The first-order valence-corrected chi connectivity index (χ1v) is 9.23. The van der Waals surface area contributed by atoms with Crippen molar-refractivity contribution in [3.05, 3.63) is 82.0 Å². The fraction of sp³-hybridized carbons (Fsp3) is 0.238. The number of carbonyl (C=O) groups excluding carboxylic acids is 2. The molecule has 0 radical (unpaired) electrons. The third-order valence-electron chi connectivity index (χ3n) is 4.36. The van der Waals surface area contributed by atoms with Crippen LogP contribution in [0.5, 0.6) is 0 Å². The van der Waals surface area contributed by atoms with Crippen LogP contribution in [0.25, 0.3) is 0 Å². The van der Waals surface area contributed by atoms with Crippen molar-refractivity contribution < 1.29 is 14.3 Å². The third-order valence-corrected chi connectivity index (χ3v) is 4.61. The number of benzene rings is 2. The lowest BCUT2D eigenvalue weighted by molar-refractivity contribution is -0.139. The summed E-state index contributed by atoms with van der Waals surface area (Å²) in [5, 5.41) is 6.20. The van der Waals surface area contributed by atoms with Crippen molar-refractivity contribution in [1.29, 1.82) is 0 Å². The molecule has 2 aromatic carbocycles. The highest BCUT2D eigenvalue weighted by Gasteiger charge is 2.33. The highest BCUT2D eigenvalue weighted by Crippen LogP contribution is 2.30. The predicted molar refractivity (Wildman–Crippen MR) is 104 cm³/mol. The molecule has 0 aliphatic carbocycles. The molecule has 2 amide bonds. The predicted octanol–water partition coefficient (Wildman–Crippen LogP) is 4.14. The van der Waals surface area contributed by atoms with Gasteiger partial charge in [0, 0.05) is 10.7 Å². The molecule has 0 fully saturated rings. The average Bonchev–Trinajstić information content (AvgIpc) is 2.67. The molecular weight excluding hydrogens is 364 g/mol. The summed E-state index contributed by atoms with van der Waals surface area (Å²) in [6.45, 7) is 2.02. The van der Waals surface area contributed by atoms with E-state index in [1.54, 1.807) is 31.2 Å². The van der Waals surface area contributed by atoms with Gasteiger partial charge < -0.3 is 15.4 Å². The van der Waals surface area contributed by atoms with E-state index in [1.165, 1.54) is 0 Å². The number of aryl methyl sites for hydroxylation is 1. The van der Waals surface area contributed by atoms with Gasteiger partial charge in [0.15, 0.2) is 0 Å². The highest BCUT2D eigenvalue weighted by molar-refractivity contribution is 6.30. The minimum Gasteiger partial charge on any atom is -0.463 e. The first-order valence-electron chi connectivity index (χ1n) is 8.85. The molecule has 0 bridgehead atoms. The Kier molecular flexibility index (Phi) is 6.14. The van der Waals surface area contributed by atoms with Crippen LogP contribution >= 0.6 is 11.6 Å². The lowest BCUT2D eigenvalue weighted by Gasteiger charge is -2.29. The molecule has 5 nitrogen and oxygen atoms in total. The molecule has 3 rings (SSSR count). The molecule has 140 valence electrons. The highest BCUT2D eigenvalue weighted by atomic mass is 35.5. The number of amides is 2. The Bertz CT molecular complexity index is 847. The van der Waals surface area contributed by atoms with Gasteiger partial charge in [0.25, 0.3) is 0 Å². The van der Waals surface area contributed by atoms with Crippen molar-refractivity contribution in [2.45, 2.75) is 25.8 Å². The van der Waals surface area contributed by atoms with Gasteiger partial charge in [-0.15, -0.1) is 0 Å². The number of nitrogens with one attached hydrogen (secondary N) is 2. The Morgan fingerprint density at radius 2 is 1.78 bits per heavy atom. The summed E-state index contributed by atoms with van der Waals surface area (Å²) in [4.78, 5) is 24.9. The molecule has 0 aromatic heterocycles. The van der Waals surface area contributed by atoms with E-state index in [0.29, 0.717) is 29.1 Å². The van der Waals surface area contributed by atoms with Gasteiger partial charge in [0.1, 0.15) is 0 Å². The molecule has 2 aromatic rings. The second kappa shape index (κ2) is 8.73. The molecule has 2 N–H and O–H groups in total. The van der Waals surface area contributed by atoms with Crippen LogP contribution in [0.3, 0.4) is 0 Å². The van der Waals surface area contributed by atoms with Crippen molar-refractivity contribution in [2.24, 2.45) is 0 Å². The van der Waals surface area contributed by atoms with E-state index in [2.05, 4.69) is 10.6 Å². The molecule has 6 heteroatoms. The van der Waals surface area contributed by atoms with Crippen molar-refractivity contribution in [3.63, 3.8) is 0 Å². The molecule has 27 heavy (non-hydrogen) atoms. The maximum absolute atomic E-state index is 12.7. The topological polar surface area (TPSA) is 67.4 Å². The van der Waals surface area contributed by atoms with Gasteiger partial charge in [0.05, 0.1) is 18.2 Å². The van der Waals surface area contributed by atoms with Gasteiger partial charge in [-0.3, -0.25) is 0 Å². The number of carbonyl (C=O) groups is 2. The van der Waals surface area contributed by atoms with E-state index in [1.807, 2.05) is 30.3 Å². The van der Waals surface area contributed by atoms with Gasteiger partial charge in [0.2, 0.25) is 0 Å². The zero-order chi connectivity index (χ0) is 19.2. The summed E-state index contributed by atoms with van der Waals surface area (Å²) < 4.78 is 5.26. The van der Waals surface area contributed by atoms with Crippen LogP contribution < -0.4 is 10.6 Å². The zero-order valence-electron chi connectivity index (χ0n) is 15.0. The second-order valence-corrected chi connectivity index (χ2v) is 6.62. The smallest absolute Gasteiger partial charge is 0.338 e. The molecule has 1 atom stereocenters. The van der Waals surface area contributed by atoms with Gasteiger partial charge >= 0.3 is 12.0 Å². The number of halogens is 1. The Morgan fingerprint density at radius 3 is 2.44 bits per heavy atom. The summed E-state index contributed by atoms with van der Waals surface area (Å²) in [6.07, 6.45) is 1.22. The number of hydrogen-bond acceptors (Lipinski definition) is 3. The van der Waals surface area contributed by atoms with E-state index < -0.39 is 12.0 Å². The van der Waals surface area contributed by atoms with Crippen molar-refractivity contribution >= 4 is 23.6 Å². The van der Waals surface area contributed by atoms with Crippen LogP contribution in [0.15, 0.2) is 65.9 Å². The SMILES string of the molecule is CCOC(=O)C1=C(CCc2ccccc2)NC(=O)NC1c1ccc(Cl)cc1. The summed E-state index contributed by atoms with van der Waals surface area (Å²) in [5.41, 5.74) is 2.91. The lowest BCUT2D eigenvalue weighted by Crippen LogP contribution is -2.46. The number of ether oxygens (including phenoxy) is 1. The van der Waals surface area contributed by atoms with Crippen LogP contribution in [0.2, 0.25) is 5.02 Å². The van der Waals surface area contributed by atoms with Crippen LogP contribution in [0.1, 0.15) is 30.5 Å². The Labute approximate surface area is 163 Å². The second-order valence-electron chi connectivity index (χ2n) is 6.18. The summed E-state index contributed by atoms with van der Waals surface area (Å²) in [7, 11) is 0. The third kappa shape index (κ3) is 4.68. The monoisotopic (exact) mass is 384 g/mol. The molecule has 1 heterocycles. The minimum absolute atomic E-state index is 0.260. The van der Waals surface area contributed by atoms with Gasteiger partial charge in [-0.25, -0.2) is 9.59 Å². The Hall–Kier alpha value is -2.79. The molecule has 1 unspecified atom stereocenters. The zero-order valence-corrected chi connectivity index (χ0v) is 15.8. The number of urea groups is 1. The molecular formula is C21H21ClN2O3. The lowest BCUT2D eigenvalue weighted by atomic mass is 9.93. The molecule has 1 aliphatic heterocycles. The molecule has 0 spiro atoms. The van der Waals surface area contributed by atoms with Crippen LogP contribution in [0.4, 0.5) is 4.79 Å². The van der Waals surface area contributed by atoms with Crippen LogP contribution in [-0.2, 0) is 16.0 Å². The van der Waals surface area contributed by atoms with E-state index in [0.717, 1.165) is 11.1 Å². The normalized spacial score (nSPS) is 16.5. The maximum Gasteiger partial charge on any atom is 0.338 e. The fourth-order valence-electron chi connectivity index (χ4n) is 3.08. The maximum atomic E-state index is 12.7. The van der Waals surface area contributed by atoms with Gasteiger partial charge in [-0.1, -0.05) is 54.1 Å². The van der Waals surface area contributed by atoms with Crippen molar-refractivity contribution in [1.82, 2.24) is 10.6 Å². The van der Waals surface area contributed by atoms with Gasteiger partial charge in [-0.05, 0) is 43.0 Å². The average molecular weight is 385 g/mol. The number of allylic oxidation sites excluding steroid dienone is 1. The van der Waals surface area contributed by atoms with E-state index in [-0.39, 0.29) is 12.6 Å². The summed E-state index contributed by atoms with van der Waals surface area (Å²) >= 11 is 5.97. The standard InChI is InChI=1S/C21H21ClN2O3/c1-2-27-20(25)18-17(13-8-14-6-4-3-5-7-14)23-21(26)24-19(18)15-9-11-16(22)12-10-15/h3-7,9-12,19H,2,8,13H2,1H3,(H2,23,24,26). The van der Waals surface area contributed by atoms with E-state index in [4.69, 9.17) is 16.3 Å². The van der Waals surface area contributed by atoms with Crippen molar-refractivity contribution in [2.75, 3.05) is 6.61 Å². The van der Waals surface area contributed by atoms with E-state index >= 15 is 0 Å². The minimum atomic E-state index is -0.583. The first kappa shape index (κ1) is 19.0. The largest absolute Gasteiger partial charge is 0.463 e. The quantitative estimate of drug-likeness (QED) is 0.735. The van der Waals surface area contributed by atoms with Gasteiger partial charge in [-0.2, -0.15) is 0 Å². The number of esters is 1. The Balaban J connectivity index is 1.96. The Morgan fingerprint density at radius 1 is 1.07 bits per heavy atom. The molecule has 1 aliphatic rings. The fourth-order valence-corrected chi connectivity index (χ4v) is 3.21. The number of rotatable bonds is 6. The van der Waals surface area contributed by atoms with E-state index in [9.17, 15) is 9.59 Å².